The molecule has 0 radical (unpaired) electrons. The number of hydrogen-bond donors (Lipinski definition) is 0. The van der Waals surface area contributed by atoms with Gasteiger partial charge < -0.3 is 4.31 Å². The number of benzene rings is 1. The van der Waals surface area contributed by atoms with Crippen LogP contribution in [0.25, 0.3) is 0 Å². The third-order valence-corrected chi connectivity index (χ3v) is 3.74. The number of para-hydroxylation sites is 1. The van der Waals surface area contributed by atoms with Crippen molar-refractivity contribution in [3.8, 4) is 0 Å². The monoisotopic (exact) mass is 242 g/mol. The Labute approximate surface area is 104 Å². The van der Waals surface area contributed by atoms with Crippen molar-refractivity contribution in [1.82, 2.24) is 4.98 Å². The van der Waals surface area contributed by atoms with E-state index in [4.69, 9.17) is 0 Å². The highest BCUT2D eigenvalue weighted by Crippen LogP contribution is 2.36. The van der Waals surface area contributed by atoms with E-state index in [-0.39, 0.29) is 5.78 Å². The van der Waals surface area contributed by atoms with E-state index in [1.807, 2.05) is 35.6 Å². The highest BCUT2D eigenvalue weighted by molar-refractivity contribution is 8.00. The molecular weight excluding hydrogens is 232 g/mol. The van der Waals surface area contributed by atoms with Gasteiger partial charge in [0.2, 0.25) is 0 Å². The number of rotatable bonds is 0. The molecule has 0 saturated heterocycles. The molecule has 0 aliphatic carbocycles. The molecule has 3 nitrogen and oxygen atoms in total. The number of nitrogens with zero attached hydrogens (tertiary/aromatic N) is 2. The van der Waals surface area contributed by atoms with Gasteiger partial charge in [0.15, 0.2) is 5.78 Å². The number of aromatic nitrogens is 1. The minimum Gasteiger partial charge on any atom is -0.314 e. The molecule has 0 N–H and O–H groups in total. The van der Waals surface area contributed by atoms with Gasteiger partial charge in [0.05, 0.1) is 10.6 Å². The molecule has 1 aromatic heterocycles. The lowest BCUT2D eigenvalue weighted by Gasteiger charge is -2.16. The van der Waals surface area contributed by atoms with E-state index in [0.717, 1.165) is 21.7 Å². The second-order valence-corrected chi connectivity index (χ2v) is 4.98. The molecule has 0 saturated carbocycles. The summed E-state index contributed by atoms with van der Waals surface area (Å²) in [7, 11) is 1.96. The van der Waals surface area contributed by atoms with Gasteiger partial charge in [0.1, 0.15) is 0 Å². The molecule has 0 unspecified atom stereocenters. The molecule has 0 atom stereocenters. The number of carbonyl (C=O) groups excluding carboxylic acids is 1. The minimum atomic E-state index is 0.0647. The van der Waals surface area contributed by atoms with E-state index in [1.54, 1.807) is 18.5 Å². The van der Waals surface area contributed by atoms with Crippen molar-refractivity contribution in [3.05, 3.63) is 53.9 Å². The van der Waals surface area contributed by atoms with E-state index < -0.39 is 0 Å². The van der Waals surface area contributed by atoms with Gasteiger partial charge in [-0.1, -0.05) is 12.1 Å². The highest BCUT2D eigenvalue weighted by Gasteiger charge is 2.23. The summed E-state index contributed by atoms with van der Waals surface area (Å²) < 4.78 is 2.00. The van der Waals surface area contributed by atoms with Crippen LogP contribution in [0.4, 0.5) is 5.69 Å². The summed E-state index contributed by atoms with van der Waals surface area (Å²) in [5, 5.41) is 0. The number of anilines is 1. The van der Waals surface area contributed by atoms with E-state index in [9.17, 15) is 4.79 Å². The quantitative estimate of drug-likeness (QED) is 0.665. The van der Waals surface area contributed by atoms with E-state index >= 15 is 0 Å². The van der Waals surface area contributed by atoms with Crippen molar-refractivity contribution in [2.75, 3.05) is 11.4 Å². The first kappa shape index (κ1) is 10.4. The molecule has 1 aliphatic heterocycles. The summed E-state index contributed by atoms with van der Waals surface area (Å²) in [5.74, 6) is 0.0647. The first-order valence-corrected chi connectivity index (χ1v) is 6.04. The Morgan fingerprint density at radius 2 is 2.00 bits per heavy atom. The van der Waals surface area contributed by atoms with Gasteiger partial charge in [-0.2, -0.15) is 0 Å². The Hall–Kier alpha value is -1.81. The number of carbonyl (C=O) groups is 1. The summed E-state index contributed by atoms with van der Waals surface area (Å²) in [6.45, 7) is 0. The van der Waals surface area contributed by atoms with Crippen LogP contribution in [0.3, 0.4) is 0 Å². The fourth-order valence-corrected chi connectivity index (χ4v) is 2.84. The van der Waals surface area contributed by atoms with Crippen LogP contribution in [-0.4, -0.2) is 17.8 Å². The first-order chi connectivity index (χ1) is 8.27. The highest BCUT2D eigenvalue weighted by atomic mass is 32.2. The van der Waals surface area contributed by atoms with Gasteiger partial charge in [-0.05, 0) is 30.1 Å². The molecule has 1 aromatic carbocycles. The molecule has 4 heteroatoms. The molecule has 2 heterocycles. The zero-order valence-electron chi connectivity index (χ0n) is 9.25. The summed E-state index contributed by atoms with van der Waals surface area (Å²) in [6.07, 6.45) is 3.39. The van der Waals surface area contributed by atoms with Crippen molar-refractivity contribution in [3.63, 3.8) is 0 Å². The zero-order valence-corrected chi connectivity index (χ0v) is 10.1. The molecule has 1 aliphatic rings. The van der Waals surface area contributed by atoms with E-state index in [1.165, 1.54) is 11.9 Å². The molecule has 0 amide bonds. The zero-order chi connectivity index (χ0) is 11.8. The van der Waals surface area contributed by atoms with Crippen molar-refractivity contribution in [1.29, 1.82) is 0 Å². The van der Waals surface area contributed by atoms with Crippen LogP contribution in [0.2, 0.25) is 0 Å². The fourth-order valence-electron chi connectivity index (χ4n) is 1.92. The summed E-state index contributed by atoms with van der Waals surface area (Å²) in [5.41, 5.74) is 2.41. The van der Waals surface area contributed by atoms with Gasteiger partial charge in [-0.3, -0.25) is 9.78 Å². The summed E-state index contributed by atoms with van der Waals surface area (Å²) >= 11 is 1.53. The van der Waals surface area contributed by atoms with Crippen LogP contribution in [0, 0.1) is 0 Å². The second-order valence-electron chi connectivity index (χ2n) is 3.81. The Kier molecular flexibility index (Phi) is 2.37. The molecule has 2 aromatic rings. The normalized spacial score (nSPS) is 13.9. The molecule has 17 heavy (non-hydrogen) atoms. The lowest BCUT2D eigenvalue weighted by atomic mass is 10.0. The predicted octanol–water partition coefficient (Wildman–Crippen LogP) is 2.77. The van der Waals surface area contributed by atoms with Crippen molar-refractivity contribution < 1.29 is 4.79 Å². The van der Waals surface area contributed by atoms with Crippen LogP contribution < -0.4 is 4.31 Å². The standard InChI is InChI=1S/C13H10N2OS/c1-15-11-5-3-2-4-9(11)13(16)10-6-7-14-8-12(10)17-15/h2-8H,1H3. The van der Waals surface area contributed by atoms with Crippen LogP contribution >= 0.6 is 11.9 Å². The summed E-state index contributed by atoms with van der Waals surface area (Å²) in [6, 6.07) is 9.43. The number of fused-ring (bicyclic) bond motifs is 2. The molecule has 0 bridgehead atoms. The predicted molar refractivity (Wildman–Crippen MR) is 68.4 cm³/mol. The average molecular weight is 242 g/mol. The molecule has 3 rings (SSSR count). The summed E-state index contributed by atoms with van der Waals surface area (Å²) in [4.78, 5) is 17.4. The smallest absolute Gasteiger partial charge is 0.196 e. The van der Waals surface area contributed by atoms with Crippen LogP contribution in [0.5, 0.6) is 0 Å². The van der Waals surface area contributed by atoms with Crippen molar-refractivity contribution >= 4 is 23.4 Å². The third kappa shape index (κ3) is 1.61. The first-order valence-electron chi connectivity index (χ1n) is 5.27. The Morgan fingerprint density at radius 1 is 1.18 bits per heavy atom. The lowest BCUT2D eigenvalue weighted by molar-refractivity contribution is 0.103. The van der Waals surface area contributed by atoms with E-state index in [0.29, 0.717) is 0 Å². The minimum absolute atomic E-state index is 0.0647. The van der Waals surface area contributed by atoms with Crippen molar-refractivity contribution in [2.24, 2.45) is 0 Å². The van der Waals surface area contributed by atoms with Crippen LogP contribution in [0.15, 0.2) is 47.6 Å². The number of ketones is 1. The van der Waals surface area contributed by atoms with Gasteiger partial charge >= 0.3 is 0 Å². The molecule has 0 fully saturated rings. The maximum Gasteiger partial charge on any atom is 0.196 e. The lowest BCUT2D eigenvalue weighted by Crippen LogP contribution is -2.07. The number of hydrogen-bond acceptors (Lipinski definition) is 4. The molecule has 0 spiro atoms. The second kappa shape index (κ2) is 3.89. The fraction of sp³-hybridized carbons (Fsp3) is 0.0769. The Bertz CT molecular complexity index is 597. The third-order valence-electron chi connectivity index (χ3n) is 2.75. The molecule has 84 valence electrons. The van der Waals surface area contributed by atoms with Crippen LogP contribution in [0.1, 0.15) is 15.9 Å². The van der Waals surface area contributed by atoms with Gasteiger partial charge in [0, 0.05) is 30.6 Å². The Balaban J connectivity index is 2.26. The largest absolute Gasteiger partial charge is 0.314 e. The van der Waals surface area contributed by atoms with Gasteiger partial charge in [-0.15, -0.1) is 0 Å². The molecular formula is C13H10N2OS. The number of pyridine rings is 1. The van der Waals surface area contributed by atoms with Crippen molar-refractivity contribution in [2.45, 2.75) is 4.90 Å². The maximum absolute atomic E-state index is 12.4. The van der Waals surface area contributed by atoms with E-state index in [2.05, 4.69) is 4.98 Å². The topological polar surface area (TPSA) is 33.2 Å². The van der Waals surface area contributed by atoms with Crippen LogP contribution in [-0.2, 0) is 0 Å². The SMILES string of the molecule is CN1Sc2cnccc2C(=O)c2ccccc21. The Morgan fingerprint density at radius 3 is 2.88 bits per heavy atom. The maximum atomic E-state index is 12.4. The average Bonchev–Trinajstić information content (AvgIpc) is 2.48. The van der Waals surface area contributed by atoms with Gasteiger partial charge in [0.25, 0.3) is 0 Å². The van der Waals surface area contributed by atoms with Gasteiger partial charge in [-0.25, -0.2) is 0 Å².